The number of benzene rings is 2. The molecule has 2 amide bonds. The lowest BCUT2D eigenvalue weighted by atomic mass is 10.1. The summed E-state index contributed by atoms with van der Waals surface area (Å²) in [6.45, 7) is 3.39. The first-order chi connectivity index (χ1) is 15.5. The molecule has 0 radical (unpaired) electrons. The van der Waals surface area contributed by atoms with Gasteiger partial charge in [-0.3, -0.25) is 14.5 Å². The average Bonchev–Trinajstić information content (AvgIpc) is 3.60. The molecule has 1 heterocycles. The van der Waals surface area contributed by atoms with E-state index in [0.29, 0.717) is 39.9 Å². The molecular weight excluding hydrogens is 465 g/mol. The number of rotatable bonds is 8. The van der Waals surface area contributed by atoms with Crippen molar-refractivity contribution in [2.75, 3.05) is 25.4 Å². The molecule has 2 aromatic carbocycles. The number of nitrogens with zero attached hydrogens (tertiary/aromatic N) is 1. The Labute approximate surface area is 203 Å². The summed E-state index contributed by atoms with van der Waals surface area (Å²) in [5, 5.41) is 7.54. The Morgan fingerprint density at radius 1 is 1.03 bits per heavy atom. The van der Waals surface area contributed by atoms with Gasteiger partial charge >= 0.3 is 0 Å². The molecule has 1 aliphatic carbocycles. The number of carbonyl (C=O) groups excluding carboxylic acids is 2. The molecule has 1 atom stereocenters. The molecular formula is C24H27Cl2N3O2S. The van der Waals surface area contributed by atoms with Crippen molar-refractivity contribution in [2.24, 2.45) is 0 Å². The van der Waals surface area contributed by atoms with Crippen LogP contribution in [-0.2, 0) is 17.8 Å². The lowest BCUT2D eigenvalue weighted by molar-refractivity contribution is -0.120. The van der Waals surface area contributed by atoms with E-state index in [0.717, 1.165) is 49.4 Å². The van der Waals surface area contributed by atoms with Gasteiger partial charge in [0.2, 0.25) is 5.91 Å². The lowest BCUT2D eigenvalue weighted by Crippen LogP contribution is -2.43. The maximum Gasteiger partial charge on any atom is 0.251 e. The molecule has 1 unspecified atom stereocenters. The third-order valence-electron chi connectivity index (χ3n) is 5.63. The van der Waals surface area contributed by atoms with Gasteiger partial charge < -0.3 is 10.6 Å². The van der Waals surface area contributed by atoms with E-state index in [9.17, 15) is 9.59 Å². The Morgan fingerprint density at radius 2 is 1.78 bits per heavy atom. The first kappa shape index (κ1) is 23.4. The van der Waals surface area contributed by atoms with Crippen LogP contribution in [0.2, 0.25) is 10.0 Å². The minimum absolute atomic E-state index is 0.00221. The number of hydrogen-bond acceptors (Lipinski definition) is 4. The summed E-state index contributed by atoms with van der Waals surface area (Å²) in [6, 6.07) is 13.4. The molecule has 2 N–H and O–H groups in total. The molecule has 32 heavy (non-hydrogen) atoms. The van der Waals surface area contributed by atoms with Crippen molar-refractivity contribution in [2.45, 2.75) is 37.1 Å². The first-order valence-electron chi connectivity index (χ1n) is 10.9. The van der Waals surface area contributed by atoms with Crippen LogP contribution in [0.3, 0.4) is 0 Å². The number of halogens is 2. The highest BCUT2D eigenvalue weighted by atomic mass is 35.5. The van der Waals surface area contributed by atoms with Crippen LogP contribution in [0, 0.1) is 0 Å². The van der Waals surface area contributed by atoms with Crippen LogP contribution in [0.15, 0.2) is 42.5 Å². The summed E-state index contributed by atoms with van der Waals surface area (Å²) in [4.78, 5) is 26.9. The standard InChI is InChI=1S/C24H27Cl2N3O2S/c25-21-8-3-17(11-22(21)26)14-29-9-10-32-20(15-29)13-27-23(30)12-16-1-4-18(5-2-16)24(31)28-19-6-7-19/h1-5,8,11,19-20H,6-7,9-10,12-15H2,(H,27,30)(H,28,31). The van der Waals surface area contributed by atoms with Gasteiger partial charge in [0.25, 0.3) is 5.91 Å². The van der Waals surface area contributed by atoms with E-state index < -0.39 is 0 Å². The fourth-order valence-corrected chi connectivity index (χ4v) is 5.22. The second kappa shape index (κ2) is 10.9. The topological polar surface area (TPSA) is 61.4 Å². The molecule has 5 nitrogen and oxygen atoms in total. The summed E-state index contributed by atoms with van der Waals surface area (Å²) < 4.78 is 0. The Bertz CT molecular complexity index is 966. The van der Waals surface area contributed by atoms with Gasteiger partial charge in [-0.1, -0.05) is 41.4 Å². The molecule has 2 fully saturated rings. The van der Waals surface area contributed by atoms with E-state index in [1.165, 1.54) is 0 Å². The van der Waals surface area contributed by atoms with Crippen LogP contribution in [-0.4, -0.2) is 53.4 Å². The van der Waals surface area contributed by atoms with E-state index in [1.54, 1.807) is 12.1 Å². The number of nitrogens with one attached hydrogen (secondary N) is 2. The summed E-state index contributed by atoms with van der Waals surface area (Å²) >= 11 is 14.0. The van der Waals surface area contributed by atoms with Crippen LogP contribution >= 0.6 is 35.0 Å². The maximum absolute atomic E-state index is 12.4. The van der Waals surface area contributed by atoms with Gasteiger partial charge in [0.05, 0.1) is 16.5 Å². The van der Waals surface area contributed by atoms with Crippen LogP contribution in [0.25, 0.3) is 0 Å². The highest BCUT2D eigenvalue weighted by Gasteiger charge is 2.24. The second-order valence-corrected chi connectivity index (χ2v) is 10.6. The molecule has 0 aromatic heterocycles. The average molecular weight is 492 g/mol. The zero-order valence-corrected chi connectivity index (χ0v) is 20.1. The van der Waals surface area contributed by atoms with Crippen molar-refractivity contribution in [3.8, 4) is 0 Å². The molecule has 1 aliphatic heterocycles. The minimum atomic E-state index is -0.0387. The summed E-state index contributed by atoms with van der Waals surface area (Å²) in [7, 11) is 0. The Kier molecular flexibility index (Phi) is 8.00. The monoisotopic (exact) mass is 491 g/mol. The molecule has 2 aliphatic rings. The van der Waals surface area contributed by atoms with Gasteiger partial charge in [0.15, 0.2) is 0 Å². The van der Waals surface area contributed by atoms with Crippen LogP contribution in [0.1, 0.15) is 34.3 Å². The van der Waals surface area contributed by atoms with Crippen molar-refractivity contribution in [3.05, 3.63) is 69.2 Å². The van der Waals surface area contributed by atoms with Crippen molar-refractivity contribution >= 4 is 46.8 Å². The third kappa shape index (κ3) is 6.88. The highest BCUT2D eigenvalue weighted by Crippen LogP contribution is 2.25. The second-order valence-electron chi connectivity index (χ2n) is 8.40. The fraction of sp³-hybridized carbons (Fsp3) is 0.417. The van der Waals surface area contributed by atoms with E-state index in [-0.39, 0.29) is 11.8 Å². The molecule has 1 saturated carbocycles. The Balaban J connectivity index is 1.21. The molecule has 4 rings (SSSR count). The molecule has 0 spiro atoms. The van der Waals surface area contributed by atoms with Crippen molar-refractivity contribution < 1.29 is 9.59 Å². The lowest BCUT2D eigenvalue weighted by Gasteiger charge is -2.32. The fourth-order valence-electron chi connectivity index (χ4n) is 3.69. The zero-order chi connectivity index (χ0) is 22.5. The molecule has 2 aromatic rings. The van der Waals surface area contributed by atoms with Gasteiger partial charge in [0.1, 0.15) is 0 Å². The number of carbonyl (C=O) groups is 2. The van der Waals surface area contributed by atoms with Crippen molar-refractivity contribution in [1.29, 1.82) is 0 Å². The predicted octanol–water partition coefficient (Wildman–Crippen LogP) is 4.16. The van der Waals surface area contributed by atoms with Crippen LogP contribution in [0.4, 0.5) is 0 Å². The Hall–Kier alpha value is -1.73. The molecule has 170 valence electrons. The summed E-state index contributed by atoms with van der Waals surface area (Å²) in [5.74, 6) is 0.998. The molecule has 0 bridgehead atoms. The summed E-state index contributed by atoms with van der Waals surface area (Å²) in [5.41, 5.74) is 2.69. The maximum atomic E-state index is 12.4. The van der Waals surface area contributed by atoms with Gasteiger partial charge in [0, 0.05) is 48.8 Å². The zero-order valence-electron chi connectivity index (χ0n) is 17.8. The van der Waals surface area contributed by atoms with E-state index in [1.807, 2.05) is 42.1 Å². The van der Waals surface area contributed by atoms with Crippen molar-refractivity contribution in [1.82, 2.24) is 15.5 Å². The SMILES string of the molecule is O=C(Cc1ccc(C(=O)NC2CC2)cc1)NCC1CN(Cc2ccc(Cl)c(Cl)c2)CCS1. The Morgan fingerprint density at radius 3 is 2.50 bits per heavy atom. The van der Waals surface area contributed by atoms with Crippen LogP contribution in [0.5, 0.6) is 0 Å². The molecule has 8 heteroatoms. The number of hydrogen-bond donors (Lipinski definition) is 2. The largest absolute Gasteiger partial charge is 0.355 e. The minimum Gasteiger partial charge on any atom is -0.355 e. The normalized spacial score (nSPS) is 18.9. The third-order valence-corrected chi connectivity index (χ3v) is 7.58. The quantitative estimate of drug-likeness (QED) is 0.581. The van der Waals surface area contributed by atoms with Gasteiger partial charge in [-0.05, 0) is 48.2 Å². The smallest absolute Gasteiger partial charge is 0.251 e. The van der Waals surface area contributed by atoms with E-state index in [4.69, 9.17) is 23.2 Å². The van der Waals surface area contributed by atoms with E-state index >= 15 is 0 Å². The van der Waals surface area contributed by atoms with Crippen LogP contribution < -0.4 is 10.6 Å². The predicted molar refractivity (Wildman–Crippen MR) is 132 cm³/mol. The van der Waals surface area contributed by atoms with Gasteiger partial charge in [-0.15, -0.1) is 0 Å². The number of amides is 2. The van der Waals surface area contributed by atoms with E-state index in [2.05, 4.69) is 15.5 Å². The summed E-state index contributed by atoms with van der Waals surface area (Å²) in [6.07, 6.45) is 2.45. The van der Waals surface area contributed by atoms with Gasteiger partial charge in [-0.2, -0.15) is 11.8 Å². The van der Waals surface area contributed by atoms with Gasteiger partial charge in [-0.25, -0.2) is 0 Å². The molecule has 1 saturated heterocycles. The first-order valence-corrected chi connectivity index (χ1v) is 12.7. The number of thioether (sulfide) groups is 1. The van der Waals surface area contributed by atoms with Crippen molar-refractivity contribution in [3.63, 3.8) is 0 Å². The highest BCUT2D eigenvalue weighted by molar-refractivity contribution is 8.00.